The van der Waals surface area contributed by atoms with E-state index < -0.39 is 21.7 Å². The highest BCUT2D eigenvalue weighted by Gasteiger charge is 2.24. The molecule has 1 saturated heterocycles. The van der Waals surface area contributed by atoms with Crippen molar-refractivity contribution in [2.75, 3.05) is 29.8 Å². The Hall–Kier alpha value is -3.17. The van der Waals surface area contributed by atoms with Crippen LogP contribution in [0.4, 0.5) is 20.2 Å². The van der Waals surface area contributed by atoms with Gasteiger partial charge in [-0.1, -0.05) is 24.3 Å². The lowest BCUT2D eigenvalue weighted by molar-refractivity contribution is 0.391. The van der Waals surface area contributed by atoms with E-state index in [1.807, 2.05) is 0 Å². The van der Waals surface area contributed by atoms with Gasteiger partial charge in [-0.25, -0.2) is 17.2 Å². The Morgan fingerprint density at radius 2 is 1.68 bits per heavy atom. The van der Waals surface area contributed by atoms with E-state index in [0.717, 1.165) is 24.8 Å². The number of benzene rings is 3. The van der Waals surface area contributed by atoms with Gasteiger partial charge in [0.15, 0.2) is 11.6 Å². The van der Waals surface area contributed by atoms with E-state index in [2.05, 4.69) is 28.8 Å². The Morgan fingerprint density at radius 1 is 1.00 bits per heavy atom. The van der Waals surface area contributed by atoms with Gasteiger partial charge >= 0.3 is 0 Å². The number of rotatable bonds is 6. The number of anilines is 2. The molecule has 0 unspecified atom stereocenters. The van der Waals surface area contributed by atoms with Crippen molar-refractivity contribution >= 4 is 21.4 Å². The number of hydrogen-bond donors (Lipinski definition) is 2. The maximum absolute atomic E-state index is 14.1. The van der Waals surface area contributed by atoms with Gasteiger partial charge in [0.1, 0.15) is 5.75 Å². The molecule has 4 rings (SSSR count). The SMILES string of the molecule is COc1ccc(NS(=O)(=O)c2ccc(-c3cccc(F)c3F)cc2)cc1N1C[C@@H](C)N[C@@H](C)C1. The van der Waals surface area contributed by atoms with Crippen LogP contribution in [-0.4, -0.2) is 40.7 Å². The van der Waals surface area contributed by atoms with Crippen molar-refractivity contribution in [2.45, 2.75) is 30.8 Å². The summed E-state index contributed by atoms with van der Waals surface area (Å²) in [5.41, 5.74) is 1.65. The fourth-order valence-electron chi connectivity index (χ4n) is 4.28. The van der Waals surface area contributed by atoms with Gasteiger partial charge in [-0.3, -0.25) is 4.72 Å². The molecule has 1 heterocycles. The van der Waals surface area contributed by atoms with Crippen molar-refractivity contribution in [3.05, 3.63) is 72.3 Å². The molecule has 180 valence electrons. The molecule has 0 aliphatic carbocycles. The van der Waals surface area contributed by atoms with Gasteiger partial charge < -0.3 is 15.0 Å². The summed E-state index contributed by atoms with van der Waals surface area (Å²) in [5.74, 6) is -1.27. The van der Waals surface area contributed by atoms with E-state index in [1.165, 1.54) is 36.4 Å². The second-order valence-corrected chi connectivity index (χ2v) is 10.2. The summed E-state index contributed by atoms with van der Waals surface area (Å²) in [6.45, 7) is 5.71. The number of hydrogen-bond acceptors (Lipinski definition) is 5. The first-order valence-electron chi connectivity index (χ1n) is 10.9. The molecular weight excluding hydrogens is 460 g/mol. The predicted molar refractivity (Wildman–Crippen MR) is 130 cm³/mol. The highest BCUT2D eigenvalue weighted by atomic mass is 32.2. The molecular formula is C25H27F2N3O3S. The van der Waals surface area contributed by atoms with Gasteiger partial charge in [0.2, 0.25) is 0 Å². The number of nitrogens with one attached hydrogen (secondary N) is 2. The molecule has 34 heavy (non-hydrogen) atoms. The van der Waals surface area contributed by atoms with E-state index in [1.54, 1.807) is 25.3 Å². The molecule has 0 bridgehead atoms. The lowest BCUT2D eigenvalue weighted by Crippen LogP contribution is -2.54. The second kappa shape index (κ2) is 9.60. The highest BCUT2D eigenvalue weighted by Crippen LogP contribution is 2.33. The monoisotopic (exact) mass is 487 g/mol. The van der Waals surface area contributed by atoms with E-state index in [0.29, 0.717) is 17.0 Å². The number of methoxy groups -OCH3 is 1. The molecule has 9 heteroatoms. The van der Waals surface area contributed by atoms with Crippen LogP contribution in [0.1, 0.15) is 13.8 Å². The predicted octanol–water partition coefficient (Wildman–Crippen LogP) is 4.63. The molecule has 1 aliphatic heterocycles. The van der Waals surface area contributed by atoms with Crippen molar-refractivity contribution in [3.8, 4) is 16.9 Å². The molecule has 2 N–H and O–H groups in total. The van der Waals surface area contributed by atoms with Crippen molar-refractivity contribution in [2.24, 2.45) is 0 Å². The van der Waals surface area contributed by atoms with Crippen LogP contribution in [0, 0.1) is 11.6 Å². The second-order valence-electron chi connectivity index (χ2n) is 8.49. The average molecular weight is 488 g/mol. The molecule has 1 fully saturated rings. The van der Waals surface area contributed by atoms with Gasteiger partial charge in [-0.15, -0.1) is 0 Å². The minimum Gasteiger partial charge on any atom is -0.495 e. The topological polar surface area (TPSA) is 70.7 Å². The van der Waals surface area contributed by atoms with Crippen molar-refractivity contribution in [1.29, 1.82) is 0 Å². The van der Waals surface area contributed by atoms with Crippen LogP contribution in [0.15, 0.2) is 65.6 Å². The Labute approximate surface area is 198 Å². The van der Waals surface area contributed by atoms with Crippen molar-refractivity contribution in [3.63, 3.8) is 0 Å². The summed E-state index contributed by atoms with van der Waals surface area (Å²) >= 11 is 0. The van der Waals surface area contributed by atoms with Crippen LogP contribution in [0.25, 0.3) is 11.1 Å². The first kappa shape index (κ1) is 24.0. The van der Waals surface area contributed by atoms with Gasteiger partial charge in [0.05, 0.1) is 23.4 Å². The zero-order chi connectivity index (χ0) is 24.5. The van der Waals surface area contributed by atoms with E-state index in [9.17, 15) is 17.2 Å². The lowest BCUT2D eigenvalue weighted by Gasteiger charge is -2.38. The third-order valence-corrected chi connectivity index (χ3v) is 7.15. The molecule has 0 spiro atoms. The highest BCUT2D eigenvalue weighted by molar-refractivity contribution is 7.92. The Bertz CT molecular complexity index is 1270. The molecule has 1 aliphatic rings. The maximum atomic E-state index is 14.1. The number of piperazine rings is 1. The van der Waals surface area contributed by atoms with E-state index in [4.69, 9.17) is 4.74 Å². The summed E-state index contributed by atoms with van der Waals surface area (Å²) < 4.78 is 61.8. The molecule has 2 atom stereocenters. The number of ether oxygens (including phenoxy) is 1. The Morgan fingerprint density at radius 3 is 2.32 bits per heavy atom. The third kappa shape index (κ3) is 5.00. The summed E-state index contributed by atoms with van der Waals surface area (Å²) in [4.78, 5) is 2.18. The van der Waals surface area contributed by atoms with Crippen LogP contribution in [0.2, 0.25) is 0 Å². The van der Waals surface area contributed by atoms with Crippen molar-refractivity contribution in [1.82, 2.24) is 5.32 Å². The molecule has 3 aromatic carbocycles. The first-order chi connectivity index (χ1) is 16.2. The maximum Gasteiger partial charge on any atom is 0.261 e. The molecule has 6 nitrogen and oxygen atoms in total. The van der Waals surface area contributed by atoms with Crippen LogP contribution < -0.4 is 19.7 Å². The molecule has 0 aromatic heterocycles. The van der Waals surface area contributed by atoms with Gasteiger partial charge in [-0.05, 0) is 55.8 Å². The van der Waals surface area contributed by atoms with Crippen LogP contribution >= 0.6 is 0 Å². The third-order valence-electron chi connectivity index (χ3n) is 5.76. The molecule has 3 aromatic rings. The largest absolute Gasteiger partial charge is 0.495 e. The molecule has 0 radical (unpaired) electrons. The smallest absolute Gasteiger partial charge is 0.261 e. The number of halogens is 2. The van der Waals surface area contributed by atoms with Crippen LogP contribution in [0.5, 0.6) is 5.75 Å². The minimum atomic E-state index is -3.91. The zero-order valence-electron chi connectivity index (χ0n) is 19.2. The van der Waals surface area contributed by atoms with E-state index >= 15 is 0 Å². The minimum absolute atomic E-state index is 0.00912. The number of nitrogens with zero attached hydrogens (tertiary/aromatic N) is 1. The zero-order valence-corrected chi connectivity index (χ0v) is 20.0. The fraction of sp³-hybridized carbons (Fsp3) is 0.280. The first-order valence-corrected chi connectivity index (χ1v) is 12.4. The summed E-state index contributed by atoms with van der Waals surface area (Å²) in [5, 5.41) is 3.48. The Balaban J connectivity index is 1.59. The van der Waals surface area contributed by atoms with Gasteiger partial charge in [-0.2, -0.15) is 0 Å². The van der Waals surface area contributed by atoms with Crippen LogP contribution in [0.3, 0.4) is 0 Å². The summed E-state index contributed by atoms with van der Waals surface area (Å²) in [6, 6.07) is 15.2. The molecule has 0 saturated carbocycles. The lowest BCUT2D eigenvalue weighted by atomic mass is 10.1. The fourth-order valence-corrected chi connectivity index (χ4v) is 5.33. The van der Waals surface area contributed by atoms with Crippen molar-refractivity contribution < 1.29 is 21.9 Å². The number of sulfonamides is 1. The summed E-state index contributed by atoms with van der Waals surface area (Å²) in [6.07, 6.45) is 0. The standard InChI is InChI=1S/C25H27F2N3O3S/c1-16-14-30(15-17(2)28-16)23-13-19(9-12-24(23)33-3)29-34(31,32)20-10-7-18(8-11-20)21-5-4-6-22(26)25(21)27/h4-13,16-17,28-29H,14-15H2,1-3H3/t16-,17+. The summed E-state index contributed by atoms with van der Waals surface area (Å²) in [7, 11) is -2.32. The van der Waals surface area contributed by atoms with Gasteiger partial charge in [0.25, 0.3) is 10.0 Å². The van der Waals surface area contributed by atoms with Crippen LogP contribution in [-0.2, 0) is 10.0 Å². The normalized spacial score (nSPS) is 18.6. The quantitative estimate of drug-likeness (QED) is 0.531. The Kier molecular flexibility index (Phi) is 6.77. The van der Waals surface area contributed by atoms with E-state index in [-0.39, 0.29) is 22.5 Å². The van der Waals surface area contributed by atoms with Gasteiger partial charge in [0, 0.05) is 30.7 Å². The molecule has 0 amide bonds. The average Bonchev–Trinajstić information content (AvgIpc) is 2.80.